The third kappa shape index (κ3) is 3.70. The molecule has 1 unspecified atom stereocenters. The van der Waals surface area contributed by atoms with Gasteiger partial charge in [-0.05, 0) is 49.9 Å². The summed E-state index contributed by atoms with van der Waals surface area (Å²) >= 11 is 6.29. The van der Waals surface area contributed by atoms with Crippen LogP contribution in [0.5, 0.6) is 0 Å². The minimum absolute atomic E-state index is 0.208. The Morgan fingerprint density at radius 2 is 1.95 bits per heavy atom. The number of nitrogens with zero attached hydrogens (tertiary/aromatic N) is 1. The zero-order valence-electron chi connectivity index (χ0n) is 12.5. The van der Waals surface area contributed by atoms with Crippen molar-refractivity contribution in [3.63, 3.8) is 0 Å². The molecule has 21 heavy (non-hydrogen) atoms. The first kappa shape index (κ1) is 15.1. The molecule has 2 fully saturated rings. The summed E-state index contributed by atoms with van der Waals surface area (Å²) in [6, 6.07) is 5.18. The lowest BCUT2D eigenvalue weighted by Crippen LogP contribution is -2.43. The van der Waals surface area contributed by atoms with E-state index in [-0.39, 0.29) is 5.82 Å². The van der Waals surface area contributed by atoms with Crippen LogP contribution in [0.15, 0.2) is 18.2 Å². The van der Waals surface area contributed by atoms with E-state index in [2.05, 4.69) is 10.2 Å². The minimum atomic E-state index is -0.208. The average molecular weight is 311 g/mol. The molecule has 3 rings (SSSR count). The predicted molar refractivity (Wildman–Crippen MR) is 86.6 cm³/mol. The molecule has 1 aliphatic carbocycles. The summed E-state index contributed by atoms with van der Waals surface area (Å²) in [7, 11) is 0. The highest BCUT2D eigenvalue weighted by molar-refractivity contribution is 6.33. The molecule has 1 aromatic rings. The van der Waals surface area contributed by atoms with E-state index in [0.29, 0.717) is 11.1 Å². The number of benzene rings is 1. The lowest BCUT2D eigenvalue weighted by molar-refractivity contribution is 0.277. The first-order valence-electron chi connectivity index (χ1n) is 8.17. The second kappa shape index (κ2) is 6.97. The van der Waals surface area contributed by atoms with E-state index in [4.69, 9.17) is 11.6 Å². The summed E-state index contributed by atoms with van der Waals surface area (Å²) in [5.41, 5.74) is 0.848. The highest BCUT2D eigenvalue weighted by Crippen LogP contribution is 2.31. The monoisotopic (exact) mass is 310 g/mol. The van der Waals surface area contributed by atoms with Gasteiger partial charge in [-0.1, -0.05) is 30.9 Å². The quantitative estimate of drug-likeness (QED) is 0.879. The Kier molecular flexibility index (Phi) is 5.02. The zero-order chi connectivity index (χ0) is 14.7. The van der Waals surface area contributed by atoms with Crippen LogP contribution in [0.25, 0.3) is 0 Å². The van der Waals surface area contributed by atoms with Crippen molar-refractivity contribution in [1.29, 1.82) is 0 Å². The third-order valence-corrected chi connectivity index (χ3v) is 5.22. The molecule has 116 valence electrons. The molecule has 0 aromatic heterocycles. The molecule has 4 heteroatoms. The van der Waals surface area contributed by atoms with E-state index < -0.39 is 0 Å². The molecule has 0 amide bonds. The number of rotatable bonds is 2. The first-order chi connectivity index (χ1) is 10.2. The molecule has 0 spiro atoms. The van der Waals surface area contributed by atoms with Crippen molar-refractivity contribution >= 4 is 17.3 Å². The van der Waals surface area contributed by atoms with Crippen molar-refractivity contribution in [1.82, 2.24) is 5.32 Å². The van der Waals surface area contributed by atoms with Gasteiger partial charge in [-0.25, -0.2) is 4.39 Å². The van der Waals surface area contributed by atoms with Gasteiger partial charge in [0.15, 0.2) is 0 Å². The van der Waals surface area contributed by atoms with Gasteiger partial charge in [0, 0.05) is 19.1 Å². The van der Waals surface area contributed by atoms with Crippen LogP contribution in [0, 0.1) is 11.7 Å². The molecule has 1 saturated heterocycles. The summed E-state index contributed by atoms with van der Waals surface area (Å²) in [4.78, 5) is 2.27. The van der Waals surface area contributed by atoms with Crippen LogP contribution in [-0.2, 0) is 0 Å². The van der Waals surface area contributed by atoms with Crippen molar-refractivity contribution in [2.45, 2.75) is 44.6 Å². The average Bonchev–Trinajstić information content (AvgIpc) is 2.76. The van der Waals surface area contributed by atoms with Crippen molar-refractivity contribution in [3.05, 3.63) is 29.0 Å². The number of nitrogens with one attached hydrogen (secondary N) is 1. The minimum Gasteiger partial charge on any atom is -0.369 e. The second-order valence-electron chi connectivity index (χ2n) is 6.35. The van der Waals surface area contributed by atoms with Crippen molar-refractivity contribution in [2.75, 3.05) is 24.5 Å². The summed E-state index contributed by atoms with van der Waals surface area (Å²) in [6.45, 7) is 2.93. The number of anilines is 1. The predicted octanol–water partition coefficient (Wildman–Crippen LogP) is 4.23. The zero-order valence-corrected chi connectivity index (χ0v) is 13.2. The largest absolute Gasteiger partial charge is 0.369 e. The highest BCUT2D eigenvalue weighted by atomic mass is 35.5. The maximum Gasteiger partial charge on any atom is 0.125 e. The lowest BCUT2D eigenvalue weighted by Gasteiger charge is -2.34. The fraction of sp³-hybridized carbons (Fsp3) is 0.647. The Morgan fingerprint density at radius 1 is 1.14 bits per heavy atom. The number of hydrogen-bond donors (Lipinski definition) is 1. The van der Waals surface area contributed by atoms with Crippen molar-refractivity contribution < 1.29 is 4.39 Å². The van der Waals surface area contributed by atoms with Crippen molar-refractivity contribution in [3.8, 4) is 0 Å². The smallest absolute Gasteiger partial charge is 0.125 e. The molecule has 0 bridgehead atoms. The highest BCUT2D eigenvalue weighted by Gasteiger charge is 2.27. The summed E-state index contributed by atoms with van der Waals surface area (Å²) in [5.74, 6) is 0.549. The molecule has 1 heterocycles. The van der Waals surface area contributed by atoms with Gasteiger partial charge in [0.25, 0.3) is 0 Å². The molecule has 1 aromatic carbocycles. The van der Waals surface area contributed by atoms with Crippen LogP contribution in [0.1, 0.15) is 38.5 Å². The van der Waals surface area contributed by atoms with E-state index in [1.165, 1.54) is 38.2 Å². The maximum atomic E-state index is 13.6. The molecular formula is C17H24ClFN2. The number of hydrogen-bond acceptors (Lipinski definition) is 2. The standard InChI is InChI=1S/C17H24ClFN2/c18-15-8-7-14(19)11-17(15)21-10-4-9-20-16(12-21)13-5-2-1-3-6-13/h7-8,11,13,16,20H,1-6,9-10,12H2. The van der Waals surface area contributed by atoms with E-state index in [1.54, 1.807) is 12.1 Å². The molecule has 2 nitrogen and oxygen atoms in total. The van der Waals surface area contributed by atoms with Crippen LogP contribution in [0.4, 0.5) is 10.1 Å². The van der Waals surface area contributed by atoms with Gasteiger partial charge in [0.2, 0.25) is 0 Å². The third-order valence-electron chi connectivity index (χ3n) is 4.90. The molecule has 1 aliphatic heterocycles. The fourth-order valence-electron chi connectivity index (χ4n) is 3.75. The van der Waals surface area contributed by atoms with Gasteiger partial charge in [-0.15, -0.1) is 0 Å². The lowest BCUT2D eigenvalue weighted by atomic mass is 9.83. The van der Waals surface area contributed by atoms with Gasteiger partial charge in [0.05, 0.1) is 10.7 Å². The summed E-state index contributed by atoms with van der Waals surface area (Å²) in [5, 5.41) is 4.36. The van der Waals surface area contributed by atoms with Gasteiger partial charge in [-0.3, -0.25) is 0 Å². The van der Waals surface area contributed by atoms with Crippen LogP contribution < -0.4 is 10.2 Å². The Balaban J connectivity index is 1.76. The second-order valence-corrected chi connectivity index (χ2v) is 6.76. The SMILES string of the molecule is Fc1ccc(Cl)c(N2CCCNC(C3CCCCC3)C2)c1. The van der Waals surface area contributed by atoms with Crippen LogP contribution >= 0.6 is 11.6 Å². The normalized spacial score (nSPS) is 24.9. The molecule has 1 N–H and O–H groups in total. The summed E-state index contributed by atoms with van der Waals surface area (Å²) in [6.07, 6.45) is 7.80. The van der Waals surface area contributed by atoms with Crippen molar-refractivity contribution in [2.24, 2.45) is 5.92 Å². The Bertz CT molecular complexity index is 474. The maximum absolute atomic E-state index is 13.6. The van der Waals surface area contributed by atoms with Crippen LogP contribution in [0.2, 0.25) is 5.02 Å². The van der Waals surface area contributed by atoms with Crippen LogP contribution in [0.3, 0.4) is 0 Å². The van der Waals surface area contributed by atoms with E-state index in [1.807, 2.05) is 0 Å². The van der Waals surface area contributed by atoms with Crippen LogP contribution in [-0.4, -0.2) is 25.7 Å². The Labute approximate surface area is 131 Å². The van der Waals surface area contributed by atoms with Gasteiger partial charge < -0.3 is 10.2 Å². The molecule has 2 aliphatic rings. The van der Waals surface area contributed by atoms with Gasteiger partial charge in [0.1, 0.15) is 5.82 Å². The topological polar surface area (TPSA) is 15.3 Å². The molecule has 1 atom stereocenters. The van der Waals surface area contributed by atoms with Gasteiger partial charge in [-0.2, -0.15) is 0 Å². The Hall–Kier alpha value is -0.800. The first-order valence-corrected chi connectivity index (χ1v) is 8.55. The summed E-state index contributed by atoms with van der Waals surface area (Å²) < 4.78 is 13.6. The number of halogens is 2. The van der Waals surface area contributed by atoms with Gasteiger partial charge >= 0.3 is 0 Å². The fourth-order valence-corrected chi connectivity index (χ4v) is 3.99. The van der Waals surface area contributed by atoms with E-state index in [0.717, 1.165) is 37.7 Å². The Morgan fingerprint density at radius 3 is 2.76 bits per heavy atom. The van der Waals surface area contributed by atoms with E-state index in [9.17, 15) is 4.39 Å². The van der Waals surface area contributed by atoms with E-state index >= 15 is 0 Å². The molecule has 0 radical (unpaired) electrons. The molecular weight excluding hydrogens is 287 g/mol. The molecule has 1 saturated carbocycles.